The van der Waals surface area contributed by atoms with Crippen molar-refractivity contribution < 1.29 is 98.7 Å². The van der Waals surface area contributed by atoms with Gasteiger partial charge in [0.2, 0.25) is 17.7 Å². The van der Waals surface area contributed by atoms with Crippen LogP contribution in [0.3, 0.4) is 0 Å². The highest BCUT2D eigenvalue weighted by Gasteiger charge is 2.57. The van der Waals surface area contributed by atoms with Crippen molar-refractivity contribution in [2.24, 2.45) is 5.92 Å². The summed E-state index contributed by atoms with van der Waals surface area (Å²) in [6, 6.07) is -1.48. The molecule has 0 spiro atoms. The van der Waals surface area contributed by atoms with Gasteiger partial charge in [0, 0.05) is 45.7 Å². The van der Waals surface area contributed by atoms with Gasteiger partial charge in [-0.05, 0) is 19.3 Å². The highest BCUT2D eigenvalue weighted by Crippen LogP contribution is 2.36. The van der Waals surface area contributed by atoms with Crippen LogP contribution in [-0.2, 0) is 47.6 Å². The summed E-state index contributed by atoms with van der Waals surface area (Å²) in [6.45, 7) is 0.323. The quantitative estimate of drug-likeness (QED) is 0.0479. The summed E-state index contributed by atoms with van der Waals surface area (Å²) < 4.78 is 34.1. The van der Waals surface area contributed by atoms with Gasteiger partial charge in [-0.25, -0.2) is 4.79 Å². The summed E-state index contributed by atoms with van der Waals surface area (Å²) in [5.41, 5.74) is 0. The van der Waals surface area contributed by atoms with E-state index in [0.717, 1.165) is 6.92 Å². The number of aliphatic hydroxyl groups excluding tert-OH is 9. The lowest BCUT2D eigenvalue weighted by atomic mass is 9.88. The number of hydrogen-bond donors (Lipinski definition) is 13. The predicted octanol–water partition coefficient (Wildman–Crippen LogP) is -6.11. The molecule has 3 amide bonds. The van der Waals surface area contributed by atoms with Gasteiger partial charge in [-0.1, -0.05) is 6.92 Å². The van der Waals surface area contributed by atoms with Crippen molar-refractivity contribution in [2.75, 3.05) is 40.0 Å². The number of carboxylic acids is 1. The first-order chi connectivity index (χ1) is 26.9. The fourth-order valence-corrected chi connectivity index (χ4v) is 6.66. The number of carbonyl (C=O) groups is 4. The monoisotopic (exact) mass is 829 g/mol. The van der Waals surface area contributed by atoms with Crippen LogP contribution in [0, 0.1) is 5.92 Å². The fraction of sp³-hybridized carbons (Fsp3) is 0.882. The Kier molecular flexibility index (Phi) is 19.3. The fourth-order valence-electron chi connectivity index (χ4n) is 6.66. The second-order valence-corrected chi connectivity index (χ2v) is 14.3. The van der Waals surface area contributed by atoms with E-state index in [9.17, 15) is 70.2 Å². The number of ether oxygens (including phenoxy) is 6. The van der Waals surface area contributed by atoms with E-state index in [1.807, 2.05) is 0 Å². The molecule has 0 aliphatic carbocycles. The molecule has 0 saturated carbocycles. The van der Waals surface area contributed by atoms with E-state index in [0.29, 0.717) is 25.7 Å². The summed E-state index contributed by atoms with van der Waals surface area (Å²) in [5.74, 6) is -6.48. The van der Waals surface area contributed by atoms with E-state index in [1.54, 1.807) is 6.92 Å². The molecule has 3 heterocycles. The van der Waals surface area contributed by atoms with Gasteiger partial charge in [-0.3, -0.25) is 14.4 Å². The molecule has 0 radical (unpaired) electrons. The van der Waals surface area contributed by atoms with E-state index < -0.39 is 136 Å². The van der Waals surface area contributed by atoms with Gasteiger partial charge in [-0.15, -0.1) is 0 Å². The maximum atomic E-state index is 12.6. The number of hydrogen-bond acceptors (Lipinski definition) is 19. The smallest absolute Gasteiger partial charge is 0.364 e. The summed E-state index contributed by atoms with van der Waals surface area (Å²) in [7, 11) is 1.54. The molecule has 0 aromatic rings. The standard InChI is InChI=1S/C34H59N3O20/c1-15-24(45)29(19(13-39)54-31(15)52-10-6-9-36-22(44)8-5-4-7-21(43)35-3)56-32-28(49)27(48)26(47)20(55-32)14-53-34(33(50)51)11-17(41)23(37-16(2)40)30(57-34)25(46)18(42)12-38/h15,17-20,23-32,38-39,41-42,45-49H,4-14H2,1-3H3,(H,35,43)(H,36,44)(H,37,40)(H,50,51)/t15-,17+,18?,19?,20?,23+,24?,25?,26-,27?,28-,29+,30?,31+,32-,34+/m0/s1. The second-order valence-electron chi connectivity index (χ2n) is 14.3. The second kappa shape index (κ2) is 22.6. The van der Waals surface area contributed by atoms with Crippen LogP contribution in [-0.4, -0.2) is 206 Å². The third kappa shape index (κ3) is 12.9. The summed E-state index contributed by atoms with van der Waals surface area (Å²) in [5, 5.41) is 112. The molecule has 0 aromatic carbocycles. The van der Waals surface area contributed by atoms with Crippen LogP contribution in [0.1, 0.15) is 52.4 Å². The van der Waals surface area contributed by atoms with E-state index in [2.05, 4.69) is 16.0 Å². The normalized spacial score (nSPS) is 36.8. The van der Waals surface area contributed by atoms with Crippen LogP contribution in [0.4, 0.5) is 0 Å². The van der Waals surface area contributed by atoms with Gasteiger partial charge in [0.25, 0.3) is 5.79 Å². The highest BCUT2D eigenvalue weighted by molar-refractivity contribution is 5.77. The molecular weight excluding hydrogens is 770 g/mol. The van der Waals surface area contributed by atoms with E-state index in [4.69, 9.17) is 28.4 Å². The Labute approximate surface area is 328 Å². The summed E-state index contributed by atoms with van der Waals surface area (Å²) in [6.07, 6.45) is -21.0. The zero-order valence-electron chi connectivity index (χ0n) is 32.0. The lowest BCUT2D eigenvalue weighted by Crippen LogP contribution is -2.68. The maximum Gasteiger partial charge on any atom is 0.364 e. The molecular formula is C34H59N3O20. The van der Waals surface area contributed by atoms with Gasteiger partial charge in [0.1, 0.15) is 54.9 Å². The van der Waals surface area contributed by atoms with E-state index in [-0.39, 0.29) is 31.4 Å². The molecule has 0 bridgehead atoms. The number of rotatable bonds is 21. The first-order valence-electron chi connectivity index (χ1n) is 18.8. The van der Waals surface area contributed by atoms with Crippen molar-refractivity contribution >= 4 is 23.7 Å². The number of carbonyl (C=O) groups excluding carboxylic acids is 3. The zero-order valence-corrected chi connectivity index (χ0v) is 32.0. The number of aliphatic carboxylic acids is 1. The molecule has 57 heavy (non-hydrogen) atoms. The minimum Gasteiger partial charge on any atom is -0.477 e. The molecule has 13 N–H and O–H groups in total. The Bertz CT molecular complexity index is 1300. The Morgan fingerprint density at radius 3 is 2.12 bits per heavy atom. The zero-order chi connectivity index (χ0) is 42.6. The minimum atomic E-state index is -2.82. The largest absolute Gasteiger partial charge is 0.477 e. The van der Waals surface area contributed by atoms with Gasteiger partial charge in [0.05, 0.1) is 44.7 Å². The van der Waals surface area contributed by atoms with Gasteiger partial charge >= 0.3 is 5.97 Å². The molecule has 330 valence electrons. The third-order valence-electron chi connectivity index (χ3n) is 10.0. The average Bonchev–Trinajstić information content (AvgIpc) is 3.18. The predicted molar refractivity (Wildman–Crippen MR) is 187 cm³/mol. The summed E-state index contributed by atoms with van der Waals surface area (Å²) in [4.78, 5) is 47.7. The van der Waals surface area contributed by atoms with Gasteiger partial charge in [-0.2, -0.15) is 0 Å². The molecule has 3 aliphatic heterocycles. The topological polar surface area (TPSA) is 362 Å². The Morgan fingerprint density at radius 1 is 0.877 bits per heavy atom. The van der Waals surface area contributed by atoms with E-state index in [1.165, 1.54) is 7.05 Å². The molecule has 3 aliphatic rings. The van der Waals surface area contributed by atoms with Crippen LogP contribution in [0.2, 0.25) is 0 Å². The SMILES string of the molecule is CNC(=O)CCCCC(=O)NCCCO[C@@H]1OC(CO)[C@@H](O[C@@H]2OC(CO[C@]3(C(=O)O)C[C@@H](O)[C@@H](NC(C)=O)C(C(O)C(O)CO)O3)[C@H](O)C(O)[C@@H]2O)C(O)[C@@H]1C. The van der Waals surface area contributed by atoms with Crippen molar-refractivity contribution in [3.63, 3.8) is 0 Å². The lowest BCUT2D eigenvalue weighted by molar-refractivity contribution is -0.363. The molecule has 23 nitrogen and oxygen atoms in total. The number of nitrogens with one attached hydrogen (secondary N) is 3. The number of aliphatic hydroxyl groups is 9. The van der Waals surface area contributed by atoms with Crippen molar-refractivity contribution in [3.8, 4) is 0 Å². The first-order valence-corrected chi connectivity index (χ1v) is 18.8. The van der Waals surface area contributed by atoms with Crippen molar-refractivity contribution in [1.29, 1.82) is 0 Å². The van der Waals surface area contributed by atoms with Crippen LogP contribution in [0.5, 0.6) is 0 Å². The molecule has 16 atom stereocenters. The van der Waals surface area contributed by atoms with Crippen molar-refractivity contribution in [3.05, 3.63) is 0 Å². The maximum absolute atomic E-state index is 12.6. The average molecular weight is 830 g/mol. The van der Waals surface area contributed by atoms with Crippen LogP contribution >= 0.6 is 0 Å². The van der Waals surface area contributed by atoms with Crippen LogP contribution in [0.15, 0.2) is 0 Å². The Balaban J connectivity index is 1.62. The number of amides is 3. The molecule has 7 unspecified atom stereocenters. The number of carboxylic acid groups (broad SMARTS) is 1. The first kappa shape index (κ1) is 48.6. The molecule has 3 fully saturated rings. The summed E-state index contributed by atoms with van der Waals surface area (Å²) >= 11 is 0. The molecule has 3 rings (SSSR count). The molecule has 0 aromatic heterocycles. The van der Waals surface area contributed by atoms with Crippen molar-refractivity contribution in [2.45, 2.75) is 144 Å². The molecule has 23 heteroatoms. The highest BCUT2D eigenvalue weighted by atomic mass is 16.8. The van der Waals surface area contributed by atoms with Crippen LogP contribution < -0.4 is 16.0 Å². The minimum absolute atomic E-state index is 0.0900. The van der Waals surface area contributed by atoms with Gasteiger partial charge in [0.15, 0.2) is 12.6 Å². The Hall–Kier alpha value is -2.72. The molecule has 3 saturated heterocycles. The van der Waals surface area contributed by atoms with Crippen molar-refractivity contribution in [1.82, 2.24) is 16.0 Å². The van der Waals surface area contributed by atoms with Gasteiger partial charge < -0.3 is 95.4 Å². The Morgan fingerprint density at radius 2 is 1.53 bits per heavy atom. The lowest BCUT2D eigenvalue weighted by Gasteiger charge is -2.48. The van der Waals surface area contributed by atoms with E-state index >= 15 is 0 Å². The number of unbranched alkanes of at least 4 members (excludes halogenated alkanes) is 1. The van der Waals surface area contributed by atoms with Crippen LogP contribution in [0.25, 0.3) is 0 Å². The third-order valence-corrected chi connectivity index (χ3v) is 10.0.